The van der Waals surface area contributed by atoms with Gasteiger partial charge in [0.05, 0.1) is 50.7 Å². The summed E-state index contributed by atoms with van der Waals surface area (Å²) >= 11 is 0. The Balaban J connectivity index is 1.50. The molecule has 3 rings (SSSR count). The lowest BCUT2D eigenvalue weighted by Crippen LogP contribution is -2.70. The molecule has 0 aromatic carbocycles. The fourth-order valence-electron chi connectivity index (χ4n) is 14.8. The normalized spacial score (nSPS) is 26.4. The number of nitrogens with one attached hydrogen (secondary N) is 2. The van der Waals surface area contributed by atoms with Crippen molar-refractivity contribution in [2.75, 3.05) is 26.4 Å². The molecule has 3 aliphatic rings. The van der Waals surface area contributed by atoms with Crippen LogP contribution in [0.5, 0.6) is 0 Å². The Hall–Kier alpha value is -2.53. The molecule has 0 radical (unpaired) electrons. The summed E-state index contributed by atoms with van der Waals surface area (Å²) in [7, 11) is 0. The average molecular weight is 1490 g/mol. The maximum Gasteiger partial charge on any atom is 0.364 e. The van der Waals surface area contributed by atoms with Crippen molar-refractivity contribution in [3.63, 3.8) is 0 Å². The summed E-state index contributed by atoms with van der Waals surface area (Å²) in [5.41, 5.74) is 0. The Bertz CT molecular complexity index is 2120. The van der Waals surface area contributed by atoms with Crippen molar-refractivity contribution in [1.29, 1.82) is 0 Å². The first kappa shape index (κ1) is 95.7. The number of carboxylic acids is 1. The molecule has 3 heterocycles. The minimum Gasteiger partial charge on any atom is -0.477 e. The molecule has 0 aromatic heterocycles. The van der Waals surface area contributed by atoms with Crippen molar-refractivity contribution < 1.29 is 104 Å². The maximum absolute atomic E-state index is 13.6. The molecular weight excluding hydrogens is 1340 g/mol. The number of hydrogen-bond acceptors (Lipinski definition) is 20. The first-order chi connectivity index (χ1) is 50.4. The van der Waals surface area contributed by atoms with Crippen molar-refractivity contribution in [3.8, 4) is 0 Å². The second-order valence-corrected chi connectivity index (χ2v) is 30.7. The molecule has 3 saturated heterocycles. The zero-order valence-corrected chi connectivity index (χ0v) is 64.9. The van der Waals surface area contributed by atoms with E-state index in [9.17, 15) is 75.7 Å². The van der Waals surface area contributed by atoms with Gasteiger partial charge in [0.15, 0.2) is 12.6 Å². The van der Waals surface area contributed by atoms with Gasteiger partial charge in [0.2, 0.25) is 11.8 Å². The first-order valence-electron chi connectivity index (χ1n) is 42.1. The van der Waals surface area contributed by atoms with Gasteiger partial charge in [-0.25, -0.2) is 4.79 Å². The zero-order chi connectivity index (χ0) is 76.0. The molecular formula is C81H152N2O21. The SMILES string of the molecule is CCCCCCCCCCCCCCCCCCCCCCC/C=C/C(O)C(COC1OC(CO)C(OC2OC(CO)C(O)C(OC3(C(=O)O)CC(O)C(NC(C)=O)C(C(O)C(O)CO)O3)C2O)C(O)C1O)NC(=O)CCCCCCCCCCCCCCCCCCCCCCCCCCCCC. The summed E-state index contributed by atoms with van der Waals surface area (Å²) in [5.74, 6) is -6.13. The van der Waals surface area contributed by atoms with Gasteiger partial charge in [-0.3, -0.25) is 9.59 Å². The summed E-state index contributed by atoms with van der Waals surface area (Å²) < 4.78 is 34.9. The monoisotopic (exact) mass is 1490 g/mol. The van der Waals surface area contributed by atoms with Crippen LogP contribution in [-0.4, -0.2) is 215 Å². The highest BCUT2D eigenvalue weighted by molar-refractivity contribution is 5.77. The molecule has 0 bridgehead atoms. The number of aliphatic carboxylic acids is 1. The van der Waals surface area contributed by atoms with Gasteiger partial charge in [0.1, 0.15) is 67.1 Å². The minimum absolute atomic E-state index is 0.206. The number of amides is 2. The van der Waals surface area contributed by atoms with Crippen molar-refractivity contribution in [3.05, 3.63) is 12.2 Å². The van der Waals surface area contributed by atoms with Gasteiger partial charge in [-0.1, -0.05) is 321 Å². The smallest absolute Gasteiger partial charge is 0.364 e. The number of carbonyl (C=O) groups is 3. The molecule has 3 fully saturated rings. The van der Waals surface area contributed by atoms with Crippen LogP contribution in [0.4, 0.5) is 0 Å². The van der Waals surface area contributed by atoms with Gasteiger partial charge < -0.3 is 100 Å². The van der Waals surface area contributed by atoms with E-state index < -0.39 is 155 Å². The predicted molar refractivity (Wildman–Crippen MR) is 403 cm³/mol. The third kappa shape index (κ3) is 39.9. The minimum atomic E-state index is -3.08. The standard InChI is InChI=1S/C81H152N2O21/c1-4-6-8-10-12-14-16-18-20-22-24-26-28-29-30-31-33-35-37-39-41-43-45-47-49-51-53-55-68(91)83-62(63(88)54-52-50-48-46-44-42-40-38-36-34-32-27-25-23-21-19-17-15-13-11-9-7-5-2)60-99-78-73(95)72(94)75(67(59-86)101-78)102-79-74(96)77(71(93)66(58-85)100-79)104-81(80(97)98)56-64(89)69(82-61(3)87)76(103-81)70(92)65(90)57-84/h52,54,62-67,69-79,84-86,88-90,92-96H,4-51,53,55-60H2,1-3H3,(H,82,87)(H,83,91)(H,97,98)/b54-52+. The summed E-state index contributed by atoms with van der Waals surface area (Å²) in [4.78, 5) is 38.7. The van der Waals surface area contributed by atoms with E-state index in [-0.39, 0.29) is 12.3 Å². The van der Waals surface area contributed by atoms with E-state index in [0.717, 1.165) is 51.9 Å². The molecule has 2 amide bonds. The van der Waals surface area contributed by atoms with Gasteiger partial charge in [-0.15, -0.1) is 0 Å². The van der Waals surface area contributed by atoms with E-state index in [1.54, 1.807) is 6.08 Å². The highest BCUT2D eigenvalue weighted by Gasteiger charge is 2.60. The number of aliphatic hydroxyl groups excluding tert-OH is 11. The Morgan fingerprint density at radius 1 is 0.500 bits per heavy atom. The lowest BCUT2D eigenvalue weighted by Gasteiger charge is -2.50. The Morgan fingerprint density at radius 2 is 0.894 bits per heavy atom. The van der Waals surface area contributed by atoms with E-state index in [1.165, 1.54) is 257 Å². The van der Waals surface area contributed by atoms with Gasteiger partial charge in [0, 0.05) is 19.8 Å². The highest BCUT2D eigenvalue weighted by atomic mass is 16.8. The fraction of sp³-hybridized carbons (Fsp3) is 0.938. The van der Waals surface area contributed by atoms with Crippen molar-refractivity contribution in [1.82, 2.24) is 10.6 Å². The molecule has 0 saturated carbocycles. The van der Waals surface area contributed by atoms with Crippen LogP contribution in [0.2, 0.25) is 0 Å². The van der Waals surface area contributed by atoms with E-state index in [2.05, 4.69) is 24.5 Å². The number of carbonyl (C=O) groups excluding carboxylic acids is 2. The molecule has 14 N–H and O–H groups in total. The number of allylic oxidation sites excluding steroid dienone is 1. The summed E-state index contributed by atoms with van der Waals surface area (Å²) in [6.07, 6.45) is 36.8. The Labute approximate surface area is 626 Å². The van der Waals surface area contributed by atoms with Crippen molar-refractivity contribution in [2.24, 2.45) is 0 Å². The van der Waals surface area contributed by atoms with Gasteiger partial charge in [-0.2, -0.15) is 0 Å². The summed E-state index contributed by atoms with van der Waals surface area (Å²) in [6, 6.07) is -2.62. The van der Waals surface area contributed by atoms with Gasteiger partial charge in [-0.05, 0) is 19.3 Å². The maximum atomic E-state index is 13.6. The third-order valence-electron chi connectivity index (χ3n) is 21.5. The molecule has 0 aromatic rings. The number of rotatable bonds is 67. The molecule has 612 valence electrons. The van der Waals surface area contributed by atoms with Crippen LogP contribution >= 0.6 is 0 Å². The molecule has 0 spiro atoms. The van der Waals surface area contributed by atoms with Crippen LogP contribution in [0.3, 0.4) is 0 Å². The van der Waals surface area contributed by atoms with Gasteiger partial charge >= 0.3 is 5.97 Å². The lowest BCUT2D eigenvalue weighted by atomic mass is 9.88. The molecule has 0 aliphatic carbocycles. The number of aliphatic hydroxyl groups is 11. The second-order valence-electron chi connectivity index (χ2n) is 30.7. The number of unbranched alkanes of at least 4 members (excludes halogenated alkanes) is 47. The molecule has 3 aliphatic heterocycles. The fourth-order valence-corrected chi connectivity index (χ4v) is 14.8. The van der Waals surface area contributed by atoms with Crippen molar-refractivity contribution >= 4 is 17.8 Å². The average Bonchev–Trinajstić information content (AvgIpc) is 0.755. The van der Waals surface area contributed by atoms with Crippen LogP contribution in [0, 0.1) is 0 Å². The van der Waals surface area contributed by atoms with E-state index in [0.29, 0.717) is 12.8 Å². The van der Waals surface area contributed by atoms with Crippen LogP contribution < -0.4 is 10.6 Å². The molecule has 23 heteroatoms. The van der Waals surface area contributed by atoms with Crippen LogP contribution in [-0.2, 0) is 42.8 Å². The number of carboxylic acid groups (broad SMARTS) is 1. The van der Waals surface area contributed by atoms with E-state index in [1.807, 2.05) is 6.08 Å². The van der Waals surface area contributed by atoms with E-state index >= 15 is 0 Å². The Morgan fingerprint density at radius 3 is 1.28 bits per heavy atom. The third-order valence-corrected chi connectivity index (χ3v) is 21.5. The molecule has 104 heavy (non-hydrogen) atoms. The quantitative estimate of drug-likeness (QED) is 0.0199. The summed E-state index contributed by atoms with van der Waals surface area (Å²) in [5, 5.41) is 137. The van der Waals surface area contributed by atoms with E-state index in [4.69, 9.17) is 28.4 Å². The zero-order valence-electron chi connectivity index (χ0n) is 64.9. The van der Waals surface area contributed by atoms with Crippen LogP contribution in [0.15, 0.2) is 12.2 Å². The Kier molecular flexibility index (Phi) is 55.4. The largest absolute Gasteiger partial charge is 0.477 e. The predicted octanol–water partition coefficient (Wildman–Crippen LogP) is 11.7. The highest BCUT2D eigenvalue weighted by Crippen LogP contribution is 2.39. The first-order valence-corrected chi connectivity index (χ1v) is 42.1. The number of hydrogen-bond donors (Lipinski definition) is 14. The molecule has 18 unspecified atom stereocenters. The van der Waals surface area contributed by atoms with Crippen LogP contribution in [0.1, 0.15) is 348 Å². The summed E-state index contributed by atoms with van der Waals surface area (Å²) in [6.45, 7) is 2.21. The molecule has 23 nitrogen and oxygen atoms in total. The number of ether oxygens (including phenoxy) is 6. The topological polar surface area (TPSA) is 373 Å². The van der Waals surface area contributed by atoms with Crippen LogP contribution in [0.25, 0.3) is 0 Å². The van der Waals surface area contributed by atoms with Crippen molar-refractivity contribution in [2.45, 2.75) is 458 Å². The second kappa shape index (κ2) is 60.2. The van der Waals surface area contributed by atoms with Gasteiger partial charge in [0.25, 0.3) is 5.79 Å². The lowest BCUT2D eigenvalue weighted by molar-refractivity contribution is -0.386. The molecule has 18 atom stereocenters.